The Kier molecular flexibility index (Phi) is 7.16. The monoisotopic (exact) mass is 465 g/mol. The average molecular weight is 466 g/mol. The van der Waals surface area contributed by atoms with Gasteiger partial charge in [0.25, 0.3) is 0 Å². The number of hydrogen-bond acceptors (Lipinski definition) is 4. The van der Waals surface area contributed by atoms with Gasteiger partial charge in [0.2, 0.25) is 4.80 Å². The minimum Gasteiger partial charge on any atom is -0.465 e. The standard InChI is InChI=1S/C23H19N3OS.BrH/c1-2-14-26-22(20-12-11-18-7-3-4-8-19(18)16-20)17-28-23(26)25-24-13-5-9-21-10-6-15-27-21;/h2-13,15-17H,1,14H2;1H/b9-5+,24-13+,25-23-;. The van der Waals surface area contributed by atoms with Crippen molar-refractivity contribution >= 4 is 51.4 Å². The average Bonchev–Trinajstić information content (AvgIpc) is 3.38. The number of rotatable bonds is 6. The van der Waals surface area contributed by atoms with E-state index in [9.17, 15) is 0 Å². The Labute approximate surface area is 183 Å². The molecule has 0 spiro atoms. The molecule has 0 aliphatic carbocycles. The van der Waals surface area contributed by atoms with Crippen molar-refractivity contribution in [2.45, 2.75) is 6.54 Å². The second kappa shape index (κ2) is 10.0. The molecular formula is C23H20BrN3OS. The van der Waals surface area contributed by atoms with E-state index in [0.29, 0.717) is 6.54 Å². The Hall–Kier alpha value is -2.96. The van der Waals surface area contributed by atoms with Crippen molar-refractivity contribution in [1.82, 2.24) is 4.57 Å². The molecule has 6 heteroatoms. The molecule has 0 bridgehead atoms. The number of thiazole rings is 1. The predicted octanol–water partition coefficient (Wildman–Crippen LogP) is 6.33. The summed E-state index contributed by atoms with van der Waals surface area (Å²) in [6, 6.07) is 18.6. The molecule has 4 rings (SSSR count). The number of allylic oxidation sites excluding steroid dienone is 2. The quantitative estimate of drug-likeness (QED) is 0.186. The lowest BCUT2D eigenvalue weighted by atomic mass is 10.1. The van der Waals surface area contributed by atoms with Crippen molar-refractivity contribution in [3.05, 3.63) is 95.5 Å². The number of fused-ring (bicyclic) bond motifs is 1. The molecule has 0 saturated carbocycles. The Morgan fingerprint density at radius 2 is 1.93 bits per heavy atom. The summed E-state index contributed by atoms with van der Waals surface area (Å²) < 4.78 is 7.36. The Morgan fingerprint density at radius 1 is 1.07 bits per heavy atom. The molecule has 0 N–H and O–H groups in total. The van der Waals surface area contributed by atoms with Crippen LogP contribution < -0.4 is 4.80 Å². The van der Waals surface area contributed by atoms with Crippen LogP contribution in [0.1, 0.15) is 5.76 Å². The molecule has 4 aromatic rings. The van der Waals surface area contributed by atoms with Gasteiger partial charge in [-0.15, -0.1) is 40.0 Å². The van der Waals surface area contributed by atoms with Crippen LogP contribution in [0.15, 0.2) is 99.6 Å². The summed E-state index contributed by atoms with van der Waals surface area (Å²) >= 11 is 1.56. The van der Waals surface area contributed by atoms with Crippen molar-refractivity contribution in [2.75, 3.05) is 0 Å². The fraction of sp³-hybridized carbons (Fsp3) is 0.0435. The molecule has 4 nitrogen and oxygen atoms in total. The van der Waals surface area contributed by atoms with E-state index in [-0.39, 0.29) is 17.0 Å². The zero-order valence-electron chi connectivity index (χ0n) is 15.6. The predicted molar refractivity (Wildman–Crippen MR) is 128 cm³/mol. The van der Waals surface area contributed by atoms with E-state index in [0.717, 1.165) is 21.8 Å². The second-order valence-electron chi connectivity index (χ2n) is 6.10. The number of benzene rings is 2. The zero-order chi connectivity index (χ0) is 19.2. The van der Waals surface area contributed by atoms with E-state index >= 15 is 0 Å². The maximum Gasteiger partial charge on any atom is 0.211 e. The molecule has 0 unspecified atom stereocenters. The Balaban J connectivity index is 0.00000240. The first-order valence-electron chi connectivity index (χ1n) is 8.91. The van der Waals surface area contributed by atoms with E-state index in [1.165, 1.54) is 10.8 Å². The molecule has 0 fully saturated rings. The maximum atomic E-state index is 5.24. The van der Waals surface area contributed by atoms with Crippen LogP contribution in [0, 0.1) is 0 Å². The fourth-order valence-electron chi connectivity index (χ4n) is 2.94. The van der Waals surface area contributed by atoms with Crippen LogP contribution >= 0.6 is 28.3 Å². The normalized spacial score (nSPS) is 12.1. The van der Waals surface area contributed by atoms with Crippen molar-refractivity contribution in [1.29, 1.82) is 0 Å². The van der Waals surface area contributed by atoms with Gasteiger partial charge in [0.05, 0.1) is 12.0 Å². The molecule has 146 valence electrons. The van der Waals surface area contributed by atoms with Crippen molar-refractivity contribution in [2.24, 2.45) is 10.2 Å². The Bertz CT molecular complexity index is 1220. The molecule has 2 heterocycles. The van der Waals surface area contributed by atoms with E-state index in [1.807, 2.05) is 24.3 Å². The summed E-state index contributed by atoms with van der Waals surface area (Å²) in [4.78, 5) is 0.825. The van der Waals surface area contributed by atoms with Gasteiger partial charge in [-0.1, -0.05) is 42.5 Å². The van der Waals surface area contributed by atoms with Gasteiger partial charge in [0.15, 0.2) is 0 Å². The third-order valence-electron chi connectivity index (χ3n) is 4.25. The van der Waals surface area contributed by atoms with Gasteiger partial charge in [-0.2, -0.15) is 5.10 Å². The SMILES string of the molecule is Br.C=CCn1c(-c2ccc3ccccc3c2)cs\c1=N/N=C/C=C/c1ccco1. The van der Waals surface area contributed by atoms with Gasteiger partial charge in [-0.3, -0.25) is 0 Å². The molecule has 29 heavy (non-hydrogen) atoms. The second-order valence-corrected chi connectivity index (χ2v) is 6.94. The van der Waals surface area contributed by atoms with Crippen LogP contribution in [-0.2, 0) is 6.54 Å². The van der Waals surface area contributed by atoms with Crippen molar-refractivity contribution in [3.8, 4) is 11.3 Å². The van der Waals surface area contributed by atoms with Gasteiger partial charge in [0, 0.05) is 18.1 Å². The van der Waals surface area contributed by atoms with Gasteiger partial charge in [0.1, 0.15) is 5.76 Å². The largest absolute Gasteiger partial charge is 0.465 e. The third kappa shape index (κ3) is 4.91. The first-order chi connectivity index (χ1) is 13.8. The summed E-state index contributed by atoms with van der Waals surface area (Å²) in [6.07, 6.45) is 8.80. The Morgan fingerprint density at radius 3 is 2.72 bits per heavy atom. The van der Waals surface area contributed by atoms with E-state index in [1.54, 1.807) is 29.9 Å². The molecule has 0 amide bonds. The summed E-state index contributed by atoms with van der Waals surface area (Å²) in [5.41, 5.74) is 2.26. The number of halogens is 1. The lowest BCUT2D eigenvalue weighted by Gasteiger charge is -2.07. The van der Waals surface area contributed by atoms with Gasteiger partial charge in [-0.25, -0.2) is 0 Å². The smallest absolute Gasteiger partial charge is 0.211 e. The highest BCUT2D eigenvalue weighted by Crippen LogP contribution is 2.25. The number of aromatic nitrogens is 1. The number of hydrogen-bond donors (Lipinski definition) is 0. The summed E-state index contributed by atoms with van der Waals surface area (Å²) in [7, 11) is 0. The van der Waals surface area contributed by atoms with E-state index in [2.05, 4.69) is 69.2 Å². The van der Waals surface area contributed by atoms with Crippen LogP contribution in [0.5, 0.6) is 0 Å². The topological polar surface area (TPSA) is 42.8 Å². The fourth-order valence-corrected chi connectivity index (χ4v) is 3.81. The van der Waals surface area contributed by atoms with Crippen LogP contribution in [-0.4, -0.2) is 10.8 Å². The van der Waals surface area contributed by atoms with Crippen LogP contribution in [0.2, 0.25) is 0 Å². The molecule has 2 aromatic heterocycles. The molecule has 0 saturated heterocycles. The lowest BCUT2D eigenvalue weighted by molar-refractivity contribution is 0.557. The first-order valence-corrected chi connectivity index (χ1v) is 9.79. The summed E-state index contributed by atoms with van der Waals surface area (Å²) in [5, 5.41) is 13.1. The molecule has 0 radical (unpaired) electrons. The van der Waals surface area contributed by atoms with Gasteiger partial charge in [-0.05, 0) is 46.7 Å². The highest BCUT2D eigenvalue weighted by molar-refractivity contribution is 8.93. The van der Waals surface area contributed by atoms with Crippen molar-refractivity contribution < 1.29 is 4.42 Å². The first kappa shape index (κ1) is 20.8. The minimum absolute atomic E-state index is 0. The number of furan rings is 1. The van der Waals surface area contributed by atoms with Gasteiger partial charge < -0.3 is 8.98 Å². The minimum atomic E-state index is 0. The van der Waals surface area contributed by atoms with E-state index in [4.69, 9.17) is 4.42 Å². The molecular weight excluding hydrogens is 446 g/mol. The van der Waals surface area contributed by atoms with Crippen LogP contribution in [0.4, 0.5) is 0 Å². The maximum absolute atomic E-state index is 5.24. The molecule has 2 aromatic carbocycles. The zero-order valence-corrected chi connectivity index (χ0v) is 18.2. The summed E-state index contributed by atoms with van der Waals surface area (Å²) in [6.45, 7) is 4.55. The summed E-state index contributed by atoms with van der Waals surface area (Å²) in [5.74, 6) is 0.780. The number of nitrogens with zero attached hydrogens (tertiary/aromatic N) is 3. The molecule has 0 aliphatic rings. The van der Waals surface area contributed by atoms with Crippen molar-refractivity contribution in [3.63, 3.8) is 0 Å². The third-order valence-corrected chi connectivity index (χ3v) is 5.11. The van der Waals surface area contributed by atoms with Gasteiger partial charge >= 0.3 is 0 Å². The lowest BCUT2D eigenvalue weighted by Crippen LogP contribution is -2.14. The molecule has 0 aliphatic heterocycles. The van der Waals surface area contributed by atoms with Crippen LogP contribution in [0.3, 0.4) is 0 Å². The van der Waals surface area contributed by atoms with Crippen LogP contribution in [0.25, 0.3) is 28.1 Å². The van der Waals surface area contributed by atoms with E-state index < -0.39 is 0 Å². The molecule has 0 atom stereocenters. The highest BCUT2D eigenvalue weighted by Gasteiger charge is 2.07. The highest BCUT2D eigenvalue weighted by atomic mass is 79.9.